The van der Waals surface area contributed by atoms with Crippen molar-refractivity contribution in [2.75, 3.05) is 24.6 Å². The van der Waals surface area contributed by atoms with Crippen LogP contribution >= 0.6 is 24.2 Å². The predicted octanol–water partition coefficient (Wildman–Crippen LogP) is 3.41. The molecule has 2 fully saturated rings. The zero-order valence-corrected chi connectivity index (χ0v) is 15.4. The Hall–Kier alpha value is -0.710. The summed E-state index contributed by atoms with van der Waals surface area (Å²) in [7, 11) is 0. The fourth-order valence-electron chi connectivity index (χ4n) is 3.79. The monoisotopic (exact) mass is 354 g/mol. The molecule has 1 aromatic rings. The van der Waals surface area contributed by atoms with E-state index in [0.29, 0.717) is 18.4 Å². The first-order valence-corrected chi connectivity index (χ1v) is 9.51. The molecule has 23 heavy (non-hydrogen) atoms. The summed E-state index contributed by atoms with van der Waals surface area (Å²) in [6, 6.07) is 8.89. The van der Waals surface area contributed by atoms with Crippen molar-refractivity contribution in [1.29, 1.82) is 0 Å². The zero-order chi connectivity index (χ0) is 15.5. The summed E-state index contributed by atoms with van der Waals surface area (Å²) < 4.78 is 0. The molecule has 1 heterocycles. The van der Waals surface area contributed by atoms with Crippen LogP contribution in [-0.2, 0) is 4.79 Å². The Morgan fingerprint density at radius 2 is 2.04 bits per heavy atom. The summed E-state index contributed by atoms with van der Waals surface area (Å²) >= 11 is 1.95. The van der Waals surface area contributed by atoms with Gasteiger partial charge in [-0.25, -0.2) is 0 Å². The number of benzene rings is 1. The number of carbonyl (C=O) groups excluding carboxylic acids is 1. The van der Waals surface area contributed by atoms with Gasteiger partial charge in [-0.05, 0) is 37.8 Å². The normalized spacial score (nSPS) is 27.6. The molecule has 0 aromatic heterocycles. The van der Waals surface area contributed by atoms with Crippen LogP contribution in [0.5, 0.6) is 0 Å². The molecule has 1 saturated heterocycles. The van der Waals surface area contributed by atoms with E-state index in [-0.39, 0.29) is 24.4 Å². The molecule has 128 valence electrons. The van der Waals surface area contributed by atoms with Gasteiger partial charge < -0.3 is 10.6 Å². The summed E-state index contributed by atoms with van der Waals surface area (Å²) in [5, 5.41) is 0. The van der Waals surface area contributed by atoms with Crippen LogP contribution in [0.15, 0.2) is 24.3 Å². The number of aryl methyl sites for hydroxylation is 1. The molecule has 1 aromatic carbocycles. The highest BCUT2D eigenvalue weighted by molar-refractivity contribution is 7.99. The van der Waals surface area contributed by atoms with Crippen LogP contribution in [0.25, 0.3) is 0 Å². The lowest BCUT2D eigenvalue weighted by Crippen LogP contribution is -2.45. The summed E-state index contributed by atoms with van der Waals surface area (Å²) in [6.07, 6.45) is 3.28. The van der Waals surface area contributed by atoms with Gasteiger partial charge in [0.2, 0.25) is 5.91 Å². The quantitative estimate of drug-likeness (QED) is 0.904. The second-order valence-corrected chi connectivity index (χ2v) is 7.72. The highest BCUT2D eigenvalue weighted by Gasteiger charge is 2.38. The van der Waals surface area contributed by atoms with E-state index in [1.807, 2.05) is 11.8 Å². The smallest absolute Gasteiger partial charge is 0.226 e. The molecule has 0 radical (unpaired) electrons. The number of rotatable bonds is 3. The number of hydrogen-bond donors (Lipinski definition) is 1. The van der Waals surface area contributed by atoms with Crippen molar-refractivity contribution in [3.63, 3.8) is 0 Å². The van der Waals surface area contributed by atoms with Crippen molar-refractivity contribution >= 4 is 30.1 Å². The number of nitrogens with two attached hydrogens (primary N) is 1. The predicted molar refractivity (Wildman–Crippen MR) is 100 cm³/mol. The number of amides is 1. The third kappa shape index (κ3) is 4.04. The van der Waals surface area contributed by atoms with Crippen molar-refractivity contribution in [1.82, 2.24) is 4.90 Å². The molecule has 3 atom stereocenters. The summed E-state index contributed by atoms with van der Waals surface area (Å²) in [5.41, 5.74) is 8.42. The van der Waals surface area contributed by atoms with Gasteiger partial charge in [-0.15, -0.1) is 12.4 Å². The molecule has 0 bridgehead atoms. The zero-order valence-electron chi connectivity index (χ0n) is 13.7. The van der Waals surface area contributed by atoms with E-state index in [4.69, 9.17) is 5.73 Å². The van der Waals surface area contributed by atoms with E-state index in [0.717, 1.165) is 37.3 Å². The van der Waals surface area contributed by atoms with Gasteiger partial charge in [-0.3, -0.25) is 4.79 Å². The van der Waals surface area contributed by atoms with Crippen LogP contribution in [-0.4, -0.2) is 35.4 Å². The van der Waals surface area contributed by atoms with E-state index in [9.17, 15) is 4.79 Å². The summed E-state index contributed by atoms with van der Waals surface area (Å²) in [6.45, 7) is 3.62. The van der Waals surface area contributed by atoms with Gasteiger partial charge >= 0.3 is 0 Å². The molecule has 1 amide bonds. The van der Waals surface area contributed by atoms with Gasteiger partial charge in [-0.1, -0.05) is 36.2 Å². The molecule has 0 spiro atoms. The SMILES string of the molecule is Cc1ccc(C2CSCCN2C(=O)[C@@H]2CCC[C@@H]2CN)cc1.Cl. The fraction of sp³-hybridized carbons (Fsp3) is 0.611. The molecule has 2 N–H and O–H groups in total. The molecule has 3 rings (SSSR count). The Bertz CT molecular complexity index is 522. The highest BCUT2D eigenvalue weighted by Crippen LogP contribution is 2.37. The Labute approximate surface area is 149 Å². The van der Waals surface area contributed by atoms with Crippen LogP contribution in [0.1, 0.15) is 36.4 Å². The van der Waals surface area contributed by atoms with Gasteiger partial charge in [0.25, 0.3) is 0 Å². The maximum atomic E-state index is 13.1. The fourth-order valence-corrected chi connectivity index (χ4v) is 4.88. The molecular weight excluding hydrogens is 328 g/mol. The maximum absolute atomic E-state index is 13.1. The molecular formula is C18H27ClN2OS. The lowest BCUT2D eigenvalue weighted by atomic mass is 9.93. The van der Waals surface area contributed by atoms with Gasteiger partial charge in [0.15, 0.2) is 0 Å². The van der Waals surface area contributed by atoms with Crippen LogP contribution in [0, 0.1) is 18.8 Å². The van der Waals surface area contributed by atoms with E-state index in [1.54, 1.807) is 0 Å². The minimum absolute atomic E-state index is 0. The van der Waals surface area contributed by atoms with Crippen molar-refractivity contribution < 1.29 is 4.79 Å². The highest BCUT2D eigenvalue weighted by atomic mass is 35.5. The first-order valence-electron chi connectivity index (χ1n) is 8.35. The molecule has 2 aliphatic rings. The summed E-state index contributed by atoms with van der Waals surface area (Å²) in [5.74, 6) is 2.95. The van der Waals surface area contributed by atoms with E-state index < -0.39 is 0 Å². The Morgan fingerprint density at radius 1 is 1.30 bits per heavy atom. The third-order valence-electron chi connectivity index (χ3n) is 5.15. The number of nitrogens with zero attached hydrogens (tertiary/aromatic N) is 1. The van der Waals surface area contributed by atoms with Crippen LogP contribution < -0.4 is 5.73 Å². The van der Waals surface area contributed by atoms with Gasteiger partial charge in [-0.2, -0.15) is 11.8 Å². The molecule has 3 nitrogen and oxygen atoms in total. The first-order chi connectivity index (χ1) is 10.7. The van der Waals surface area contributed by atoms with Crippen LogP contribution in [0.3, 0.4) is 0 Å². The molecule has 1 saturated carbocycles. The van der Waals surface area contributed by atoms with Gasteiger partial charge in [0.05, 0.1) is 6.04 Å². The van der Waals surface area contributed by atoms with E-state index in [2.05, 4.69) is 36.1 Å². The molecule has 1 aliphatic heterocycles. The van der Waals surface area contributed by atoms with Crippen molar-refractivity contribution in [3.05, 3.63) is 35.4 Å². The number of hydrogen-bond acceptors (Lipinski definition) is 3. The number of carbonyl (C=O) groups is 1. The molecule has 1 aliphatic carbocycles. The van der Waals surface area contributed by atoms with Crippen molar-refractivity contribution in [3.8, 4) is 0 Å². The average molecular weight is 355 g/mol. The van der Waals surface area contributed by atoms with E-state index in [1.165, 1.54) is 11.1 Å². The van der Waals surface area contributed by atoms with Gasteiger partial charge in [0.1, 0.15) is 0 Å². The Balaban J connectivity index is 0.00000192. The standard InChI is InChI=1S/C18H26N2OS.ClH/c1-13-5-7-14(8-6-13)17-12-22-10-9-20(17)18(21)16-4-2-3-15(16)11-19;/h5-8,15-17H,2-4,9-12,19H2,1H3;1H/t15-,16-,17?;/m1./s1. The van der Waals surface area contributed by atoms with E-state index >= 15 is 0 Å². The third-order valence-corrected chi connectivity index (χ3v) is 6.18. The number of halogens is 1. The Morgan fingerprint density at radius 3 is 2.74 bits per heavy atom. The minimum Gasteiger partial charge on any atom is -0.334 e. The topological polar surface area (TPSA) is 46.3 Å². The minimum atomic E-state index is 0. The van der Waals surface area contributed by atoms with Crippen molar-refractivity contribution in [2.45, 2.75) is 32.2 Å². The van der Waals surface area contributed by atoms with Crippen LogP contribution in [0.4, 0.5) is 0 Å². The van der Waals surface area contributed by atoms with Gasteiger partial charge in [0, 0.05) is 24.0 Å². The molecule has 1 unspecified atom stereocenters. The second kappa shape index (κ2) is 8.41. The van der Waals surface area contributed by atoms with Crippen molar-refractivity contribution in [2.24, 2.45) is 17.6 Å². The first kappa shape index (κ1) is 18.6. The number of thioether (sulfide) groups is 1. The maximum Gasteiger partial charge on any atom is 0.226 e. The largest absolute Gasteiger partial charge is 0.334 e. The Kier molecular flexibility index (Phi) is 6.81. The molecule has 5 heteroatoms. The lowest BCUT2D eigenvalue weighted by molar-refractivity contribution is -0.138. The lowest BCUT2D eigenvalue weighted by Gasteiger charge is -2.38. The summed E-state index contributed by atoms with van der Waals surface area (Å²) in [4.78, 5) is 15.2. The second-order valence-electron chi connectivity index (χ2n) is 6.57. The average Bonchev–Trinajstić information content (AvgIpc) is 3.03. The van der Waals surface area contributed by atoms with Crippen LogP contribution in [0.2, 0.25) is 0 Å².